The number of hydrogen-bond acceptors (Lipinski definition) is 2. The summed E-state index contributed by atoms with van der Waals surface area (Å²) in [7, 11) is 0. The lowest BCUT2D eigenvalue weighted by Crippen LogP contribution is -2.29. The predicted octanol–water partition coefficient (Wildman–Crippen LogP) is 17.0. The van der Waals surface area contributed by atoms with Gasteiger partial charge in [0.05, 0.1) is 5.41 Å². The van der Waals surface area contributed by atoms with Crippen LogP contribution in [0.3, 0.4) is 0 Å². The largest absolute Gasteiger partial charge is 0.456 e. The Kier molecular flexibility index (Phi) is 7.70. The molecule has 1 spiro atoms. The molecule has 0 aliphatic heterocycles. The highest BCUT2D eigenvalue weighted by Crippen LogP contribution is 2.62. The van der Waals surface area contributed by atoms with Gasteiger partial charge in [-0.1, -0.05) is 184 Å². The molecule has 0 amide bonds. The summed E-state index contributed by atoms with van der Waals surface area (Å²) >= 11 is 0. The molecule has 11 aromatic rings. The highest BCUT2D eigenvalue weighted by molar-refractivity contribution is 6.06. The van der Waals surface area contributed by atoms with E-state index in [2.05, 4.69) is 237 Å². The molecule has 0 atom stereocenters. The molecule has 0 saturated heterocycles. The second kappa shape index (κ2) is 13.7. The van der Waals surface area contributed by atoms with Gasteiger partial charge in [-0.05, 0) is 138 Å². The minimum Gasteiger partial charge on any atom is -0.456 e. The molecular weight excluding hydrogens is 799 g/mol. The van der Waals surface area contributed by atoms with Crippen molar-refractivity contribution in [3.05, 3.63) is 258 Å². The molecule has 0 radical (unpaired) electrons. The van der Waals surface area contributed by atoms with Gasteiger partial charge >= 0.3 is 0 Å². The summed E-state index contributed by atoms with van der Waals surface area (Å²) in [5.41, 5.74) is 25.1. The van der Waals surface area contributed by atoms with Crippen molar-refractivity contribution in [1.29, 1.82) is 0 Å². The number of furan rings is 1. The van der Waals surface area contributed by atoms with Crippen LogP contribution in [0.4, 0.5) is 17.1 Å². The van der Waals surface area contributed by atoms with E-state index in [1.807, 2.05) is 6.07 Å². The van der Waals surface area contributed by atoms with E-state index in [0.717, 1.165) is 39.0 Å². The fourth-order valence-corrected chi connectivity index (χ4v) is 12.2. The smallest absolute Gasteiger partial charge is 0.137 e. The summed E-state index contributed by atoms with van der Waals surface area (Å²) in [6.45, 7) is 4.70. The van der Waals surface area contributed by atoms with Gasteiger partial charge in [-0.3, -0.25) is 0 Å². The second-order valence-corrected chi connectivity index (χ2v) is 18.8. The van der Waals surface area contributed by atoms with Crippen LogP contribution in [-0.4, -0.2) is 0 Å². The van der Waals surface area contributed by atoms with Crippen LogP contribution in [0.2, 0.25) is 0 Å². The average molecular weight is 842 g/mol. The third kappa shape index (κ3) is 5.01. The summed E-state index contributed by atoms with van der Waals surface area (Å²) < 4.78 is 6.49. The highest BCUT2D eigenvalue weighted by atomic mass is 16.3. The van der Waals surface area contributed by atoms with Crippen molar-refractivity contribution in [3.8, 4) is 55.6 Å². The zero-order valence-electron chi connectivity index (χ0n) is 36.7. The number of nitrogens with zero attached hydrogens (tertiary/aromatic N) is 1. The minimum absolute atomic E-state index is 0.132. The molecule has 3 aliphatic rings. The van der Waals surface area contributed by atoms with Gasteiger partial charge in [0.1, 0.15) is 11.2 Å². The fraction of sp³-hybridized carbons (Fsp3) is 0.0625. The Morgan fingerprint density at radius 1 is 0.303 bits per heavy atom. The van der Waals surface area contributed by atoms with Crippen LogP contribution in [0.15, 0.2) is 229 Å². The summed E-state index contributed by atoms with van der Waals surface area (Å²) in [5.74, 6) is 0. The molecule has 0 bridgehead atoms. The maximum atomic E-state index is 6.49. The van der Waals surface area contributed by atoms with Gasteiger partial charge in [0.25, 0.3) is 0 Å². The summed E-state index contributed by atoms with van der Waals surface area (Å²) in [6, 6.07) is 83.4. The third-order valence-electron chi connectivity index (χ3n) is 15.1. The number of benzene rings is 10. The Hall–Kier alpha value is -8.20. The van der Waals surface area contributed by atoms with Crippen molar-refractivity contribution in [2.45, 2.75) is 24.7 Å². The number of anilines is 3. The van der Waals surface area contributed by atoms with Gasteiger partial charge in [0.2, 0.25) is 0 Å². The van der Waals surface area contributed by atoms with Crippen molar-refractivity contribution in [3.63, 3.8) is 0 Å². The van der Waals surface area contributed by atoms with Gasteiger partial charge in [0.15, 0.2) is 0 Å². The number of para-hydroxylation sites is 1. The van der Waals surface area contributed by atoms with Gasteiger partial charge in [0, 0.05) is 39.3 Å². The molecule has 2 heteroatoms. The van der Waals surface area contributed by atoms with Crippen LogP contribution in [-0.2, 0) is 10.8 Å². The SMILES string of the molecule is CC1(C)c2ccccc2-c2ccc(N(c3ccc(-c4ccc5c(c4)-c4ccccc4-c4ccccc4C54c5ccccc5-c5ccccc54)cc3)c3ccc4c(c3)oc3ccccc34)cc21. The normalized spacial score (nSPS) is 14.2. The molecule has 14 rings (SSSR count). The van der Waals surface area contributed by atoms with E-state index in [-0.39, 0.29) is 5.41 Å². The molecule has 0 N–H and O–H groups in total. The maximum absolute atomic E-state index is 6.49. The standard InChI is InChI=1S/C64H43NO/c1-63(2)55-22-10-5-18-48(55)51-34-32-43(38-60(51)63)65(44-33-35-53-52-21-9-14-26-61(52)66-62(53)39-44)42-30-27-40(28-31-42)41-29-36-59-54(37-41)46-16-4-3-15-45(46)47-17-6-11-23-56(47)64(59)57-24-12-7-19-49(57)50-20-8-13-25-58(50)64/h3-39H,1-2H3. The Morgan fingerprint density at radius 2 is 0.758 bits per heavy atom. The molecule has 1 aromatic heterocycles. The molecule has 310 valence electrons. The molecule has 0 saturated carbocycles. The van der Waals surface area contributed by atoms with Crippen molar-refractivity contribution in [1.82, 2.24) is 0 Å². The van der Waals surface area contributed by atoms with E-state index in [1.165, 1.54) is 89.0 Å². The van der Waals surface area contributed by atoms with E-state index in [0.29, 0.717) is 0 Å². The molecule has 1 heterocycles. The lowest BCUT2D eigenvalue weighted by atomic mass is 9.66. The number of fused-ring (bicyclic) bond motifs is 18. The van der Waals surface area contributed by atoms with Crippen LogP contribution in [0.25, 0.3) is 77.6 Å². The fourth-order valence-electron chi connectivity index (χ4n) is 12.2. The first-order valence-corrected chi connectivity index (χ1v) is 23.1. The van der Waals surface area contributed by atoms with Gasteiger partial charge in [-0.2, -0.15) is 0 Å². The van der Waals surface area contributed by atoms with Crippen molar-refractivity contribution in [2.24, 2.45) is 0 Å². The molecule has 66 heavy (non-hydrogen) atoms. The lowest BCUT2D eigenvalue weighted by molar-refractivity contribution is 0.660. The zero-order valence-corrected chi connectivity index (χ0v) is 36.7. The first-order valence-electron chi connectivity index (χ1n) is 23.1. The first kappa shape index (κ1) is 37.2. The molecule has 0 fully saturated rings. The Bertz CT molecular complexity index is 3760. The minimum atomic E-state index is -0.492. The summed E-state index contributed by atoms with van der Waals surface area (Å²) in [5, 5.41) is 2.25. The Labute approximate surface area is 384 Å². The quantitative estimate of drug-likeness (QED) is 0.176. The maximum Gasteiger partial charge on any atom is 0.137 e. The summed E-state index contributed by atoms with van der Waals surface area (Å²) in [6.07, 6.45) is 0. The van der Waals surface area contributed by atoms with E-state index >= 15 is 0 Å². The number of hydrogen-bond donors (Lipinski definition) is 0. The third-order valence-corrected chi connectivity index (χ3v) is 15.1. The van der Waals surface area contributed by atoms with Crippen molar-refractivity contribution < 1.29 is 4.42 Å². The van der Waals surface area contributed by atoms with Crippen molar-refractivity contribution >= 4 is 39.0 Å². The Balaban J connectivity index is 0.939. The van der Waals surface area contributed by atoms with E-state index in [4.69, 9.17) is 4.42 Å². The van der Waals surface area contributed by atoms with Gasteiger partial charge in [-0.15, -0.1) is 0 Å². The second-order valence-electron chi connectivity index (χ2n) is 18.8. The zero-order chi connectivity index (χ0) is 43.7. The molecule has 10 aromatic carbocycles. The highest BCUT2D eigenvalue weighted by Gasteiger charge is 2.49. The molecule has 2 nitrogen and oxygen atoms in total. The monoisotopic (exact) mass is 841 g/mol. The number of rotatable bonds is 4. The molecule has 0 unspecified atom stereocenters. The average Bonchev–Trinajstić information content (AvgIpc) is 3.94. The van der Waals surface area contributed by atoms with E-state index < -0.39 is 5.41 Å². The topological polar surface area (TPSA) is 16.4 Å². The van der Waals surface area contributed by atoms with Crippen LogP contribution in [0.5, 0.6) is 0 Å². The van der Waals surface area contributed by atoms with Gasteiger partial charge in [-0.25, -0.2) is 0 Å². The first-order chi connectivity index (χ1) is 32.5. The van der Waals surface area contributed by atoms with Gasteiger partial charge < -0.3 is 9.32 Å². The van der Waals surface area contributed by atoms with Crippen LogP contribution < -0.4 is 4.90 Å². The Morgan fingerprint density at radius 3 is 1.44 bits per heavy atom. The summed E-state index contributed by atoms with van der Waals surface area (Å²) in [4.78, 5) is 2.39. The van der Waals surface area contributed by atoms with Crippen molar-refractivity contribution in [2.75, 3.05) is 4.90 Å². The predicted molar refractivity (Wildman–Crippen MR) is 273 cm³/mol. The van der Waals surface area contributed by atoms with Crippen LogP contribution in [0, 0.1) is 0 Å². The molecular formula is C64H43NO. The lowest BCUT2D eigenvalue weighted by Gasteiger charge is -2.35. The van der Waals surface area contributed by atoms with E-state index in [9.17, 15) is 0 Å². The van der Waals surface area contributed by atoms with E-state index in [1.54, 1.807) is 0 Å². The van der Waals surface area contributed by atoms with Crippen LogP contribution >= 0.6 is 0 Å². The molecule has 3 aliphatic carbocycles. The van der Waals surface area contributed by atoms with Crippen LogP contribution in [0.1, 0.15) is 47.2 Å².